The number of nitrogens with one attached hydrogen (secondary N) is 1. The summed E-state index contributed by atoms with van der Waals surface area (Å²) in [6.07, 6.45) is -0.590. The highest BCUT2D eigenvalue weighted by Crippen LogP contribution is 2.26. The molecule has 106 valence electrons. The molecule has 4 heteroatoms. The van der Waals surface area contributed by atoms with Crippen LogP contribution in [0.5, 0.6) is 5.75 Å². The first kappa shape index (κ1) is 15.5. The predicted octanol–water partition coefficient (Wildman–Crippen LogP) is 2.35. The van der Waals surface area contributed by atoms with Gasteiger partial charge in [0.1, 0.15) is 5.75 Å². The number of hydrogen-bond acceptors (Lipinski definition) is 4. The van der Waals surface area contributed by atoms with Gasteiger partial charge in [-0.1, -0.05) is 12.1 Å². The van der Waals surface area contributed by atoms with Gasteiger partial charge in [0.05, 0.1) is 6.61 Å². The summed E-state index contributed by atoms with van der Waals surface area (Å²) in [6.45, 7) is 8.64. The lowest BCUT2D eigenvalue weighted by Gasteiger charge is -2.18. The normalized spacial score (nSPS) is 12.1. The van der Waals surface area contributed by atoms with Crippen LogP contribution in [0.4, 0.5) is 0 Å². The standard InChI is InChI=1S/C15H23NO3/c1-6-18-15(17)12(4)19-14-10(2)7-13(9-16-5)8-11(14)3/h7-8,12,16H,6,9H2,1-5H3. The van der Waals surface area contributed by atoms with Crippen molar-refractivity contribution >= 4 is 5.97 Å². The Balaban J connectivity index is 2.86. The lowest BCUT2D eigenvalue weighted by atomic mass is 10.1. The molecule has 0 aliphatic rings. The van der Waals surface area contributed by atoms with Gasteiger partial charge in [0.2, 0.25) is 0 Å². The molecule has 0 saturated heterocycles. The minimum atomic E-state index is -0.590. The van der Waals surface area contributed by atoms with Crippen LogP contribution in [0.3, 0.4) is 0 Å². The van der Waals surface area contributed by atoms with Crippen LogP contribution in [-0.4, -0.2) is 25.7 Å². The maximum Gasteiger partial charge on any atom is 0.347 e. The number of rotatable bonds is 6. The fourth-order valence-electron chi connectivity index (χ4n) is 2.02. The number of benzene rings is 1. The topological polar surface area (TPSA) is 47.6 Å². The third kappa shape index (κ3) is 4.24. The molecule has 0 fully saturated rings. The average molecular weight is 265 g/mol. The molecule has 0 aliphatic carbocycles. The quantitative estimate of drug-likeness (QED) is 0.802. The van der Waals surface area contributed by atoms with E-state index in [-0.39, 0.29) is 5.97 Å². The highest BCUT2D eigenvalue weighted by molar-refractivity contribution is 5.74. The van der Waals surface area contributed by atoms with E-state index in [0.717, 1.165) is 23.4 Å². The van der Waals surface area contributed by atoms with E-state index < -0.39 is 6.10 Å². The van der Waals surface area contributed by atoms with Gasteiger partial charge in [-0.2, -0.15) is 0 Å². The highest BCUT2D eigenvalue weighted by Gasteiger charge is 2.18. The van der Waals surface area contributed by atoms with Crippen LogP contribution in [0.1, 0.15) is 30.5 Å². The van der Waals surface area contributed by atoms with Crippen LogP contribution in [-0.2, 0) is 16.1 Å². The molecule has 1 rings (SSSR count). The second-order valence-electron chi connectivity index (χ2n) is 4.60. The molecule has 0 aromatic heterocycles. The van der Waals surface area contributed by atoms with Gasteiger partial charge >= 0.3 is 5.97 Å². The fourth-order valence-corrected chi connectivity index (χ4v) is 2.02. The molecule has 1 aromatic rings. The van der Waals surface area contributed by atoms with Crippen molar-refractivity contribution in [2.75, 3.05) is 13.7 Å². The van der Waals surface area contributed by atoms with Gasteiger partial charge in [0.25, 0.3) is 0 Å². The first-order valence-electron chi connectivity index (χ1n) is 6.57. The van der Waals surface area contributed by atoms with Crippen molar-refractivity contribution in [3.05, 3.63) is 28.8 Å². The molecule has 4 nitrogen and oxygen atoms in total. The summed E-state index contributed by atoms with van der Waals surface area (Å²) in [7, 11) is 1.91. The second kappa shape index (κ2) is 7.14. The number of ether oxygens (including phenoxy) is 2. The van der Waals surface area contributed by atoms with Gasteiger partial charge in [0.15, 0.2) is 6.10 Å². The fraction of sp³-hybridized carbons (Fsp3) is 0.533. The van der Waals surface area contributed by atoms with E-state index >= 15 is 0 Å². The van der Waals surface area contributed by atoms with E-state index in [4.69, 9.17) is 9.47 Å². The molecular formula is C15H23NO3. The molecule has 1 unspecified atom stereocenters. The van der Waals surface area contributed by atoms with E-state index in [1.807, 2.05) is 20.9 Å². The zero-order valence-corrected chi connectivity index (χ0v) is 12.4. The van der Waals surface area contributed by atoms with Crippen LogP contribution >= 0.6 is 0 Å². The Labute approximate surface area is 115 Å². The lowest BCUT2D eigenvalue weighted by Crippen LogP contribution is -2.26. The number of hydrogen-bond donors (Lipinski definition) is 1. The Morgan fingerprint density at radius 3 is 2.37 bits per heavy atom. The van der Waals surface area contributed by atoms with Crippen molar-refractivity contribution in [3.8, 4) is 5.75 Å². The van der Waals surface area contributed by atoms with Crippen LogP contribution < -0.4 is 10.1 Å². The predicted molar refractivity (Wildman–Crippen MR) is 75.4 cm³/mol. The summed E-state index contributed by atoms with van der Waals surface area (Å²) in [4.78, 5) is 11.6. The summed E-state index contributed by atoms with van der Waals surface area (Å²) < 4.78 is 10.7. The molecule has 1 N–H and O–H groups in total. The molecule has 19 heavy (non-hydrogen) atoms. The van der Waals surface area contributed by atoms with Crippen molar-refractivity contribution < 1.29 is 14.3 Å². The first-order chi connectivity index (χ1) is 8.99. The van der Waals surface area contributed by atoms with E-state index in [2.05, 4.69) is 17.4 Å². The lowest BCUT2D eigenvalue weighted by molar-refractivity contribution is -0.150. The average Bonchev–Trinajstić information content (AvgIpc) is 2.34. The molecular weight excluding hydrogens is 242 g/mol. The van der Waals surface area contributed by atoms with E-state index in [1.165, 1.54) is 5.56 Å². The second-order valence-corrected chi connectivity index (χ2v) is 4.60. The third-order valence-electron chi connectivity index (χ3n) is 2.81. The molecule has 1 aromatic carbocycles. The van der Waals surface area contributed by atoms with Crippen LogP contribution in [0, 0.1) is 13.8 Å². The number of esters is 1. The van der Waals surface area contributed by atoms with E-state index in [9.17, 15) is 4.79 Å². The van der Waals surface area contributed by atoms with Gasteiger partial charge in [-0.15, -0.1) is 0 Å². The Bertz CT molecular complexity index is 420. The van der Waals surface area contributed by atoms with Crippen LogP contribution in [0.15, 0.2) is 12.1 Å². The molecule has 0 spiro atoms. The van der Waals surface area contributed by atoms with E-state index in [1.54, 1.807) is 13.8 Å². The zero-order valence-electron chi connectivity index (χ0n) is 12.4. The number of carbonyl (C=O) groups is 1. The maximum atomic E-state index is 11.6. The van der Waals surface area contributed by atoms with Crippen molar-refractivity contribution in [2.24, 2.45) is 0 Å². The van der Waals surface area contributed by atoms with Crippen molar-refractivity contribution in [1.82, 2.24) is 5.32 Å². The molecule has 0 bridgehead atoms. The third-order valence-corrected chi connectivity index (χ3v) is 2.81. The van der Waals surface area contributed by atoms with Crippen LogP contribution in [0.2, 0.25) is 0 Å². The highest BCUT2D eigenvalue weighted by atomic mass is 16.6. The SMILES string of the molecule is CCOC(=O)C(C)Oc1c(C)cc(CNC)cc1C. The van der Waals surface area contributed by atoms with Gasteiger partial charge in [-0.05, 0) is 51.4 Å². The molecule has 0 saturated carbocycles. The van der Waals surface area contributed by atoms with Gasteiger partial charge in [-0.25, -0.2) is 4.79 Å². The minimum Gasteiger partial charge on any atom is -0.478 e. The van der Waals surface area contributed by atoms with Gasteiger partial charge < -0.3 is 14.8 Å². The van der Waals surface area contributed by atoms with E-state index in [0.29, 0.717) is 6.61 Å². The Hall–Kier alpha value is -1.55. The Morgan fingerprint density at radius 2 is 1.89 bits per heavy atom. The molecule has 0 amide bonds. The summed E-state index contributed by atoms with van der Waals surface area (Å²) in [5.41, 5.74) is 3.26. The van der Waals surface area contributed by atoms with Crippen molar-refractivity contribution in [1.29, 1.82) is 0 Å². The maximum absolute atomic E-state index is 11.6. The summed E-state index contributed by atoms with van der Waals surface area (Å²) in [5, 5.41) is 3.12. The zero-order chi connectivity index (χ0) is 14.4. The molecule has 0 heterocycles. The molecule has 1 atom stereocenters. The summed E-state index contributed by atoms with van der Waals surface area (Å²) in [6, 6.07) is 4.13. The van der Waals surface area contributed by atoms with Gasteiger partial charge in [-0.3, -0.25) is 0 Å². The largest absolute Gasteiger partial charge is 0.478 e. The number of aryl methyl sites for hydroxylation is 2. The van der Waals surface area contributed by atoms with Crippen LogP contribution in [0.25, 0.3) is 0 Å². The first-order valence-corrected chi connectivity index (χ1v) is 6.57. The monoisotopic (exact) mass is 265 g/mol. The van der Waals surface area contributed by atoms with Crippen molar-refractivity contribution in [2.45, 2.75) is 40.3 Å². The minimum absolute atomic E-state index is 0.333. The smallest absolute Gasteiger partial charge is 0.347 e. The van der Waals surface area contributed by atoms with Crippen molar-refractivity contribution in [3.63, 3.8) is 0 Å². The summed E-state index contributed by atoms with van der Waals surface area (Å²) in [5.74, 6) is 0.431. The summed E-state index contributed by atoms with van der Waals surface area (Å²) >= 11 is 0. The number of carbonyl (C=O) groups excluding carboxylic acids is 1. The Kier molecular flexibility index (Phi) is 5.83. The molecule has 0 radical (unpaired) electrons. The Morgan fingerprint density at radius 1 is 1.32 bits per heavy atom. The molecule has 0 aliphatic heterocycles. The van der Waals surface area contributed by atoms with Gasteiger partial charge in [0, 0.05) is 6.54 Å².